The van der Waals surface area contributed by atoms with Crippen LogP contribution < -0.4 is 0 Å². The highest BCUT2D eigenvalue weighted by atomic mass is 35.5. The van der Waals surface area contributed by atoms with E-state index < -0.39 is 23.5 Å². The van der Waals surface area contributed by atoms with E-state index in [2.05, 4.69) is 0 Å². The molecule has 150 valence electrons. The zero-order valence-corrected chi connectivity index (χ0v) is 16.8. The van der Waals surface area contributed by atoms with Crippen LogP contribution in [0.4, 0.5) is 0 Å². The molecule has 1 saturated heterocycles. The van der Waals surface area contributed by atoms with Gasteiger partial charge in [0.05, 0.1) is 24.2 Å². The van der Waals surface area contributed by atoms with Gasteiger partial charge >= 0.3 is 5.97 Å². The molecular formula is C21H18Cl2N2O4. The maximum absolute atomic E-state index is 13.0. The molecule has 1 heterocycles. The van der Waals surface area contributed by atoms with Gasteiger partial charge in [-0.2, -0.15) is 5.26 Å². The van der Waals surface area contributed by atoms with Gasteiger partial charge in [-0.3, -0.25) is 4.79 Å². The summed E-state index contributed by atoms with van der Waals surface area (Å²) in [5.41, 5.74) is 0.0959. The van der Waals surface area contributed by atoms with Gasteiger partial charge in [-0.15, -0.1) is 0 Å². The first kappa shape index (κ1) is 21.1. The van der Waals surface area contributed by atoms with Gasteiger partial charge in [-0.05, 0) is 41.5 Å². The van der Waals surface area contributed by atoms with E-state index in [1.54, 1.807) is 42.5 Å². The third kappa shape index (κ3) is 4.54. The molecule has 8 heteroatoms. The minimum Gasteiger partial charge on any atom is -0.479 e. The van der Waals surface area contributed by atoms with Crippen LogP contribution in [0, 0.1) is 11.3 Å². The van der Waals surface area contributed by atoms with Gasteiger partial charge in [-0.1, -0.05) is 35.3 Å². The molecule has 1 unspecified atom stereocenters. The summed E-state index contributed by atoms with van der Waals surface area (Å²) >= 11 is 12.0. The Morgan fingerprint density at radius 2 is 1.76 bits per heavy atom. The van der Waals surface area contributed by atoms with Gasteiger partial charge in [0.1, 0.15) is 5.54 Å². The highest BCUT2D eigenvalue weighted by Crippen LogP contribution is 2.34. The van der Waals surface area contributed by atoms with Crippen LogP contribution in [0.1, 0.15) is 23.1 Å². The van der Waals surface area contributed by atoms with Crippen LogP contribution in [0.25, 0.3) is 0 Å². The second kappa shape index (κ2) is 8.42. The maximum Gasteiger partial charge on any atom is 0.330 e. The zero-order valence-electron chi connectivity index (χ0n) is 15.3. The maximum atomic E-state index is 13.0. The Labute approximate surface area is 177 Å². The van der Waals surface area contributed by atoms with E-state index in [1.165, 1.54) is 4.90 Å². The third-order valence-electron chi connectivity index (χ3n) is 5.04. The number of likely N-dealkylation sites (tertiary alicyclic amines) is 1. The summed E-state index contributed by atoms with van der Waals surface area (Å²) in [6.07, 6.45) is -1.09. The van der Waals surface area contributed by atoms with Gasteiger partial charge in [0.25, 0.3) is 0 Å². The Kier molecular flexibility index (Phi) is 6.13. The van der Waals surface area contributed by atoms with E-state index in [0.29, 0.717) is 26.7 Å². The highest BCUT2D eigenvalue weighted by molar-refractivity contribution is 6.34. The molecule has 1 fully saturated rings. The number of carbonyl (C=O) groups excluding carboxylic acids is 1. The Morgan fingerprint density at radius 1 is 1.14 bits per heavy atom. The summed E-state index contributed by atoms with van der Waals surface area (Å²) in [5.74, 6) is -1.62. The average Bonchev–Trinajstić information content (AvgIpc) is 2.99. The fourth-order valence-electron chi connectivity index (χ4n) is 3.75. The number of carbonyl (C=O) groups is 2. The lowest BCUT2D eigenvalue weighted by atomic mass is 9.87. The minimum atomic E-state index is -1.58. The van der Waals surface area contributed by atoms with Gasteiger partial charge in [0.2, 0.25) is 5.91 Å². The number of carboxylic acid groups (broad SMARTS) is 1. The predicted octanol–water partition coefficient (Wildman–Crippen LogP) is 3.07. The number of aliphatic carboxylic acids is 1. The molecule has 29 heavy (non-hydrogen) atoms. The van der Waals surface area contributed by atoms with Crippen molar-refractivity contribution in [1.82, 2.24) is 4.90 Å². The van der Waals surface area contributed by atoms with Crippen LogP contribution in [0.2, 0.25) is 10.0 Å². The zero-order chi connectivity index (χ0) is 21.2. The summed E-state index contributed by atoms with van der Waals surface area (Å²) in [6.45, 7) is -0.0737. The molecule has 2 N–H and O–H groups in total. The molecule has 0 aromatic heterocycles. The molecule has 2 aromatic rings. The van der Waals surface area contributed by atoms with Crippen LogP contribution in [0.5, 0.6) is 0 Å². The van der Waals surface area contributed by atoms with Crippen molar-refractivity contribution in [2.75, 3.05) is 6.54 Å². The molecule has 1 aliphatic heterocycles. The first-order chi connectivity index (χ1) is 13.7. The number of aliphatic hydroxyl groups is 1. The molecule has 0 spiro atoms. The molecule has 2 aromatic carbocycles. The Morgan fingerprint density at radius 3 is 2.31 bits per heavy atom. The molecule has 1 aliphatic rings. The number of hydrogen-bond acceptors (Lipinski definition) is 4. The number of benzene rings is 2. The molecule has 2 atom stereocenters. The van der Waals surface area contributed by atoms with E-state index in [4.69, 9.17) is 28.5 Å². The van der Waals surface area contributed by atoms with Gasteiger partial charge in [0.15, 0.2) is 0 Å². The number of halogens is 2. The van der Waals surface area contributed by atoms with Crippen molar-refractivity contribution in [2.24, 2.45) is 0 Å². The molecule has 6 nitrogen and oxygen atoms in total. The number of amides is 1. The standard InChI is InChI=1S/C21H18Cl2N2O4/c22-16-5-15(6-17(23)8-16)7-19(27)25-12-18(26)10-21(25,20(28)29)9-13-1-3-14(11-24)4-2-13/h1-6,8,18,26H,7,9-10,12H2,(H,28,29)/t18-,21?/m1/s1. The number of rotatable bonds is 5. The van der Waals surface area contributed by atoms with E-state index in [1.807, 2.05) is 6.07 Å². The summed E-state index contributed by atoms with van der Waals surface area (Å²) in [5, 5.41) is 29.9. The summed E-state index contributed by atoms with van der Waals surface area (Å²) < 4.78 is 0. The average molecular weight is 433 g/mol. The van der Waals surface area contributed by atoms with Gasteiger partial charge < -0.3 is 15.1 Å². The molecule has 1 amide bonds. The van der Waals surface area contributed by atoms with Gasteiger partial charge in [0, 0.05) is 29.4 Å². The van der Waals surface area contributed by atoms with Crippen LogP contribution in [0.15, 0.2) is 42.5 Å². The van der Waals surface area contributed by atoms with Crippen molar-refractivity contribution in [3.63, 3.8) is 0 Å². The summed E-state index contributed by atoms with van der Waals surface area (Å²) in [7, 11) is 0. The molecular weight excluding hydrogens is 415 g/mol. The van der Waals surface area contributed by atoms with Crippen LogP contribution in [-0.2, 0) is 22.4 Å². The summed E-state index contributed by atoms with van der Waals surface area (Å²) in [4.78, 5) is 26.5. The Balaban J connectivity index is 1.90. The molecule has 0 bridgehead atoms. The van der Waals surface area contributed by atoms with E-state index in [-0.39, 0.29) is 25.8 Å². The Hall–Kier alpha value is -2.59. The number of carboxylic acids is 1. The second-order valence-corrected chi connectivity index (χ2v) is 8.01. The smallest absolute Gasteiger partial charge is 0.330 e. The fourth-order valence-corrected chi connectivity index (χ4v) is 4.33. The Bertz CT molecular complexity index is 967. The van der Waals surface area contributed by atoms with Crippen molar-refractivity contribution in [1.29, 1.82) is 5.26 Å². The van der Waals surface area contributed by atoms with E-state index in [9.17, 15) is 19.8 Å². The van der Waals surface area contributed by atoms with Gasteiger partial charge in [-0.25, -0.2) is 4.79 Å². The van der Waals surface area contributed by atoms with Crippen molar-refractivity contribution < 1.29 is 19.8 Å². The highest BCUT2D eigenvalue weighted by Gasteiger charge is 2.53. The second-order valence-electron chi connectivity index (χ2n) is 7.14. The normalized spacial score (nSPS) is 21.0. The van der Waals surface area contributed by atoms with Crippen molar-refractivity contribution >= 4 is 35.1 Å². The topological polar surface area (TPSA) is 102 Å². The third-order valence-corrected chi connectivity index (χ3v) is 5.48. The number of nitrogens with zero attached hydrogens (tertiary/aromatic N) is 2. The van der Waals surface area contributed by atoms with Crippen LogP contribution in [0.3, 0.4) is 0 Å². The predicted molar refractivity (Wildman–Crippen MR) is 108 cm³/mol. The molecule has 0 saturated carbocycles. The first-order valence-corrected chi connectivity index (χ1v) is 9.65. The number of nitriles is 1. The lowest BCUT2D eigenvalue weighted by Gasteiger charge is -2.34. The largest absolute Gasteiger partial charge is 0.479 e. The lowest BCUT2D eigenvalue weighted by molar-refractivity contribution is -0.156. The monoisotopic (exact) mass is 432 g/mol. The van der Waals surface area contributed by atoms with Crippen molar-refractivity contribution in [2.45, 2.75) is 30.9 Å². The first-order valence-electron chi connectivity index (χ1n) is 8.89. The molecule has 0 radical (unpaired) electrons. The SMILES string of the molecule is N#Cc1ccc(CC2(C(=O)O)C[C@@H](O)CN2C(=O)Cc2cc(Cl)cc(Cl)c2)cc1. The quantitative estimate of drug-likeness (QED) is 0.755. The molecule has 0 aliphatic carbocycles. The lowest BCUT2D eigenvalue weighted by Crippen LogP contribution is -2.55. The number of hydrogen-bond donors (Lipinski definition) is 2. The van der Waals surface area contributed by atoms with Crippen molar-refractivity contribution in [3.8, 4) is 6.07 Å². The van der Waals surface area contributed by atoms with E-state index >= 15 is 0 Å². The van der Waals surface area contributed by atoms with Crippen LogP contribution >= 0.6 is 23.2 Å². The number of β-amino-alcohol motifs (C(OH)–C–C–N with tert-alkyl or cyclic N) is 1. The number of aliphatic hydroxyl groups excluding tert-OH is 1. The van der Waals surface area contributed by atoms with Crippen LogP contribution in [-0.4, -0.2) is 45.2 Å². The van der Waals surface area contributed by atoms with Crippen molar-refractivity contribution in [3.05, 3.63) is 69.2 Å². The van der Waals surface area contributed by atoms with E-state index in [0.717, 1.165) is 0 Å². The molecule has 3 rings (SSSR count). The fraction of sp³-hybridized carbons (Fsp3) is 0.286. The summed E-state index contributed by atoms with van der Waals surface area (Å²) in [6, 6.07) is 13.3. The minimum absolute atomic E-state index is 0.0210.